The molecule has 0 fully saturated rings. The smallest absolute Gasteiger partial charge is 0.263 e. The van der Waals surface area contributed by atoms with Gasteiger partial charge in [-0.15, -0.1) is 11.3 Å². The molecule has 0 spiro atoms. The Morgan fingerprint density at radius 2 is 1.96 bits per heavy atom. The molecule has 1 amide bonds. The van der Waals surface area contributed by atoms with Crippen LogP contribution in [-0.2, 0) is 12.8 Å². The van der Waals surface area contributed by atoms with E-state index in [1.54, 1.807) is 18.7 Å². The highest BCUT2D eigenvalue weighted by atomic mass is 32.1. The van der Waals surface area contributed by atoms with Gasteiger partial charge >= 0.3 is 0 Å². The lowest BCUT2D eigenvalue weighted by molar-refractivity contribution is 0.0767. The number of hydrogen-bond donors (Lipinski definition) is 0. The highest BCUT2D eigenvalue weighted by Gasteiger charge is 2.23. The lowest BCUT2D eigenvalue weighted by Crippen LogP contribution is -2.32. The van der Waals surface area contributed by atoms with E-state index in [-0.39, 0.29) is 5.91 Å². The molecule has 3 aromatic rings. The minimum Gasteiger partial charge on any atom is -0.337 e. The summed E-state index contributed by atoms with van der Waals surface area (Å²) in [7, 11) is 0. The summed E-state index contributed by atoms with van der Waals surface area (Å²) in [6.07, 6.45) is 6.69. The van der Waals surface area contributed by atoms with Gasteiger partial charge in [0.2, 0.25) is 0 Å². The zero-order chi connectivity index (χ0) is 17.2. The van der Waals surface area contributed by atoms with Gasteiger partial charge in [-0.1, -0.05) is 0 Å². The topological polar surface area (TPSA) is 59.0 Å². The number of amides is 1. The first kappa shape index (κ1) is 15.9. The number of nitrogens with zero attached hydrogens (tertiary/aromatic N) is 4. The van der Waals surface area contributed by atoms with Gasteiger partial charge in [0.25, 0.3) is 5.91 Å². The van der Waals surface area contributed by atoms with E-state index in [0.29, 0.717) is 13.1 Å². The van der Waals surface area contributed by atoms with Gasteiger partial charge in [0.1, 0.15) is 6.33 Å². The molecule has 1 aliphatic rings. The Bertz CT molecular complexity index is 907. The molecule has 5 nitrogen and oxygen atoms in total. The number of fused-ring (bicyclic) bond motifs is 1. The van der Waals surface area contributed by atoms with E-state index >= 15 is 0 Å². The van der Waals surface area contributed by atoms with E-state index in [1.165, 1.54) is 11.3 Å². The summed E-state index contributed by atoms with van der Waals surface area (Å²) < 4.78 is 0. The third-order valence-electron chi connectivity index (χ3n) is 4.47. The summed E-state index contributed by atoms with van der Waals surface area (Å²) in [6, 6.07) is 5.89. The molecule has 6 heteroatoms. The molecular formula is C19H18N4OS. The van der Waals surface area contributed by atoms with Gasteiger partial charge in [-0.3, -0.25) is 9.78 Å². The number of thiophene rings is 1. The summed E-state index contributed by atoms with van der Waals surface area (Å²) in [6.45, 7) is 3.39. The fourth-order valence-electron chi connectivity index (χ4n) is 3.19. The molecular weight excluding hydrogens is 332 g/mol. The van der Waals surface area contributed by atoms with Crippen molar-refractivity contribution < 1.29 is 4.79 Å². The predicted molar refractivity (Wildman–Crippen MR) is 97.6 cm³/mol. The van der Waals surface area contributed by atoms with Crippen LogP contribution in [0, 0.1) is 6.92 Å². The maximum Gasteiger partial charge on any atom is 0.263 e. The first-order valence-electron chi connectivity index (χ1n) is 8.30. The lowest BCUT2D eigenvalue weighted by atomic mass is 10.0. The van der Waals surface area contributed by atoms with E-state index < -0.39 is 0 Å². The van der Waals surface area contributed by atoms with Gasteiger partial charge in [-0.05, 0) is 42.5 Å². The molecule has 25 heavy (non-hydrogen) atoms. The van der Waals surface area contributed by atoms with Crippen molar-refractivity contribution in [2.45, 2.75) is 19.8 Å². The van der Waals surface area contributed by atoms with Crippen LogP contribution < -0.4 is 0 Å². The maximum atomic E-state index is 12.8. The first-order chi connectivity index (χ1) is 12.2. The van der Waals surface area contributed by atoms with Crippen molar-refractivity contribution in [2.75, 3.05) is 13.1 Å². The Balaban J connectivity index is 1.61. The van der Waals surface area contributed by atoms with Crippen LogP contribution in [0.2, 0.25) is 0 Å². The molecule has 0 aromatic carbocycles. The molecule has 1 aliphatic heterocycles. The number of rotatable bonds is 2. The van der Waals surface area contributed by atoms with Gasteiger partial charge in [0.15, 0.2) is 0 Å². The zero-order valence-corrected chi connectivity index (χ0v) is 14.8. The van der Waals surface area contributed by atoms with Crippen LogP contribution in [0.4, 0.5) is 0 Å². The Labute approximate surface area is 150 Å². The number of aryl methyl sites for hydroxylation is 1. The van der Waals surface area contributed by atoms with Gasteiger partial charge < -0.3 is 4.90 Å². The number of hydrogen-bond acceptors (Lipinski definition) is 5. The molecule has 126 valence electrons. The van der Waals surface area contributed by atoms with Gasteiger partial charge in [0, 0.05) is 48.7 Å². The average molecular weight is 350 g/mol. The standard InChI is InChI=1S/C19H18N4OS/c1-13-10-17(25-11-13)19(24)23-8-4-15-16(5-9-23)21-12-22-18(15)14-2-6-20-7-3-14/h2-3,6-7,10-12H,4-5,8-9H2,1H3. The molecule has 4 rings (SSSR count). The molecule has 0 aliphatic carbocycles. The number of carbonyl (C=O) groups is 1. The highest BCUT2D eigenvalue weighted by Crippen LogP contribution is 2.26. The zero-order valence-electron chi connectivity index (χ0n) is 14.0. The fraction of sp³-hybridized carbons (Fsp3) is 0.263. The second kappa shape index (κ2) is 6.72. The number of pyridine rings is 1. The van der Waals surface area contributed by atoms with Crippen molar-refractivity contribution in [1.29, 1.82) is 0 Å². The molecule has 3 aromatic heterocycles. The Morgan fingerprint density at radius 3 is 2.72 bits per heavy atom. The Morgan fingerprint density at radius 1 is 1.16 bits per heavy atom. The van der Waals surface area contributed by atoms with E-state index in [0.717, 1.165) is 45.8 Å². The second-order valence-corrected chi connectivity index (χ2v) is 7.08. The quantitative estimate of drug-likeness (QED) is 0.712. The molecule has 0 saturated heterocycles. The minimum absolute atomic E-state index is 0.115. The third kappa shape index (κ3) is 3.17. The molecule has 4 heterocycles. The van der Waals surface area contributed by atoms with E-state index in [2.05, 4.69) is 15.0 Å². The monoisotopic (exact) mass is 350 g/mol. The van der Waals surface area contributed by atoms with Gasteiger partial charge in [-0.25, -0.2) is 9.97 Å². The largest absolute Gasteiger partial charge is 0.337 e. The first-order valence-corrected chi connectivity index (χ1v) is 9.18. The predicted octanol–water partition coefficient (Wildman–Crippen LogP) is 3.15. The summed E-state index contributed by atoms with van der Waals surface area (Å²) in [5, 5.41) is 2.02. The van der Waals surface area contributed by atoms with Crippen LogP contribution in [0.3, 0.4) is 0 Å². The highest BCUT2D eigenvalue weighted by molar-refractivity contribution is 7.12. The van der Waals surface area contributed by atoms with Crippen molar-refractivity contribution in [2.24, 2.45) is 0 Å². The van der Waals surface area contributed by atoms with E-state index in [9.17, 15) is 4.79 Å². The average Bonchev–Trinajstić information content (AvgIpc) is 2.96. The van der Waals surface area contributed by atoms with Crippen molar-refractivity contribution in [1.82, 2.24) is 19.9 Å². The van der Waals surface area contributed by atoms with Crippen LogP contribution in [0.5, 0.6) is 0 Å². The number of aromatic nitrogens is 3. The lowest BCUT2D eigenvalue weighted by Gasteiger charge is -2.19. The van der Waals surface area contributed by atoms with Gasteiger partial charge in [-0.2, -0.15) is 0 Å². The Kier molecular flexibility index (Phi) is 4.28. The van der Waals surface area contributed by atoms with Crippen molar-refractivity contribution in [3.05, 3.63) is 64.0 Å². The summed E-state index contributed by atoms with van der Waals surface area (Å²) in [5.74, 6) is 0.115. The number of carbonyl (C=O) groups excluding carboxylic acids is 1. The molecule has 0 radical (unpaired) electrons. The van der Waals surface area contributed by atoms with Crippen LogP contribution >= 0.6 is 11.3 Å². The van der Waals surface area contributed by atoms with Crippen LogP contribution in [0.1, 0.15) is 26.5 Å². The molecule has 0 atom stereocenters. The van der Waals surface area contributed by atoms with Crippen molar-refractivity contribution in [3.8, 4) is 11.3 Å². The fourth-order valence-corrected chi connectivity index (χ4v) is 4.05. The molecule has 0 N–H and O–H groups in total. The van der Waals surface area contributed by atoms with Crippen LogP contribution in [0.25, 0.3) is 11.3 Å². The molecule has 0 saturated carbocycles. The van der Waals surface area contributed by atoms with Gasteiger partial charge in [0.05, 0.1) is 10.6 Å². The molecule has 0 unspecified atom stereocenters. The van der Waals surface area contributed by atoms with Crippen LogP contribution in [0.15, 0.2) is 42.3 Å². The van der Waals surface area contributed by atoms with Crippen LogP contribution in [-0.4, -0.2) is 38.8 Å². The van der Waals surface area contributed by atoms with Crippen molar-refractivity contribution in [3.63, 3.8) is 0 Å². The maximum absolute atomic E-state index is 12.8. The van der Waals surface area contributed by atoms with Crippen molar-refractivity contribution >= 4 is 17.2 Å². The SMILES string of the molecule is Cc1csc(C(=O)N2CCc3ncnc(-c4ccncc4)c3CC2)c1. The third-order valence-corrected chi connectivity index (χ3v) is 5.50. The van der Waals surface area contributed by atoms with E-state index in [4.69, 9.17) is 0 Å². The van der Waals surface area contributed by atoms with E-state index in [1.807, 2.05) is 35.4 Å². The summed E-state index contributed by atoms with van der Waals surface area (Å²) in [5.41, 5.74) is 5.32. The Hall–Kier alpha value is -2.60. The minimum atomic E-state index is 0.115. The molecule has 0 bridgehead atoms. The summed E-state index contributed by atoms with van der Waals surface area (Å²) in [4.78, 5) is 28.6. The second-order valence-electron chi connectivity index (χ2n) is 6.16. The summed E-state index contributed by atoms with van der Waals surface area (Å²) >= 11 is 1.52. The normalized spacial score (nSPS) is 14.0.